The third-order valence-corrected chi connectivity index (χ3v) is 5.16. The molecule has 2 aromatic rings. The average molecular weight is 389 g/mol. The Morgan fingerprint density at radius 3 is 2.81 bits per heavy atom. The van der Waals surface area contributed by atoms with Crippen LogP contribution in [-0.2, 0) is 27.2 Å². The van der Waals surface area contributed by atoms with Gasteiger partial charge in [-0.3, -0.25) is 9.59 Å². The molecule has 2 aromatic heterocycles. The number of ether oxygens (including phenoxy) is 1. The molecule has 0 unspecified atom stereocenters. The summed E-state index contributed by atoms with van der Waals surface area (Å²) in [5, 5.41) is 6.53. The Kier molecular flexibility index (Phi) is 5.70. The van der Waals surface area contributed by atoms with Crippen molar-refractivity contribution in [1.82, 2.24) is 5.43 Å². The summed E-state index contributed by atoms with van der Waals surface area (Å²) in [5.41, 5.74) is 3.39. The Balaban J connectivity index is 1.67. The first-order chi connectivity index (χ1) is 13.0. The van der Waals surface area contributed by atoms with Gasteiger partial charge in [0.15, 0.2) is 0 Å². The molecule has 0 aliphatic heterocycles. The van der Waals surface area contributed by atoms with Gasteiger partial charge in [0.05, 0.1) is 18.4 Å². The van der Waals surface area contributed by atoms with Crippen molar-refractivity contribution < 1.29 is 23.5 Å². The van der Waals surface area contributed by atoms with Crippen molar-refractivity contribution in [3.05, 3.63) is 39.7 Å². The molecule has 0 bridgehead atoms. The van der Waals surface area contributed by atoms with Gasteiger partial charge in [0.2, 0.25) is 0 Å². The van der Waals surface area contributed by atoms with Crippen LogP contribution in [0.15, 0.2) is 21.7 Å². The molecule has 0 fully saturated rings. The highest BCUT2D eigenvalue weighted by atomic mass is 32.1. The summed E-state index contributed by atoms with van der Waals surface area (Å²) in [6.07, 6.45) is 3.86. The number of hydrazone groups is 1. The van der Waals surface area contributed by atoms with Gasteiger partial charge >= 0.3 is 17.8 Å². The molecule has 2 heterocycles. The smallest absolute Gasteiger partial charge is 0.341 e. The average Bonchev–Trinajstić information content (AvgIpc) is 3.31. The quantitative estimate of drug-likeness (QED) is 0.353. The maximum atomic E-state index is 12.3. The predicted octanol–water partition coefficient (Wildman–Crippen LogP) is 2.40. The fourth-order valence-corrected chi connectivity index (χ4v) is 4.07. The second-order valence-electron chi connectivity index (χ2n) is 5.88. The lowest BCUT2D eigenvalue weighted by molar-refractivity contribution is -0.136. The summed E-state index contributed by atoms with van der Waals surface area (Å²) >= 11 is 1.31. The van der Waals surface area contributed by atoms with E-state index in [-0.39, 0.29) is 6.61 Å². The molecule has 2 amide bonds. The fourth-order valence-electron chi connectivity index (χ4n) is 2.80. The van der Waals surface area contributed by atoms with Crippen molar-refractivity contribution in [2.75, 3.05) is 11.9 Å². The summed E-state index contributed by atoms with van der Waals surface area (Å²) in [6.45, 7) is 3.73. The van der Waals surface area contributed by atoms with Crippen LogP contribution in [-0.4, -0.2) is 30.6 Å². The zero-order chi connectivity index (χ0) is 19.4. The first-order valence-electron chi connectivity index (χ1n) is 8.52. The Labute approximate surface area is 159 Å². The van der Waals surface area contributed by atoms with Crippen molar-refractivity contribution in [3.63, 3.8) is 0 Å². The molecule has 3 rings (SSSR count). The number of nitrogens with one attached hydrogen (secondary N) is 2. The van der Waals surface area contributed by atoms with E-state index < -0.39 is 17.8 Å². The van der Waals surface area contributed by atoms with Crippen LogP contribution < -0.4 is 10.7 Å². The van der Waals surface area contributed by atoms with E-state index in [1.807, 2.05) is 0 Å². The maximum absolute atomic E-state index is 12.3. The van der Waals surface area contributed by atoms with Gasteiger partial charge in [-0.2, -0.15) is 5.10 Å². The number of esters is 1. The Morgan fingerprint density at radius 2 is 2.11 bits per heavy atom. The molecule has 0 radical (unpaired) electrons. The predicted molar refractivity (Wildman–Crippen MR) is 100 cm³/mol. The summed E-state index contributed by atoms with van der Waals surface area (Å²) in [5.74, 6) is -1.18. The number of amides is 2. The van der Waals surface area contributed by atoms with E-state index in [1.54, 1.807) is 26.0 Å². The molecule has 0 saturated carbocycles. The van der Waals surface area contributed by atoms with E-state index in [2.05, 4.69) is 15.8 Å². The van der Waals surface area contributed by atoms with Crippen LogP contribution in [0, 0.1) is 6.92 Å². The van der Waals surface area contributed by atoms with Crippen molar-refractivity contribution in [3.8, 4) is 0 Å². The van der Waals surface area contributed by atoms with Gasteiger partial charge in [-0.05, 0) is 50.8 Å². The number of rotatable bonds is 5. The second kappa shape index (κ2) is 8.17. The fraction of sp³-hybridized carbons (Fsp3) is 0.333. The SMILES string of the molecule is CCOC(=O)c1c(NC(=O)C(=O)N/N=C/c2ccc(C)o2)sc2c1CCC2. The van der Waals surface area contributed by atoms with Gasteiger partial charge in [-0.25, -0.2) is 10.2 Å². The number of nitrogens with zero attached hydrogens (tertiary/aromatic N) is 1. The summed E-state index contributed by atoms with van der Waals surface area (Å²) in [4.78, 5) is 37.4. The van der Waals surface area contributed by atoms with E-state index in [9.17, 15) is 14.4 Å². The molecule has 142 valence electrons. The molecular weight excluding hydrogens is 370 g/mol. The van der Waals surface area contributed by atoms with Crippen molar-refractivity contribution >= 4 is 40.3 Å². The zero-order valence-electron chi connectivity index (χ0n) is 15.0. The molecule has 0 saturated heterocycles. The van der Waals surface area contributed by atoms with E-state index in [0.717, 1.165) is 29.7 Å². The lowest BCUT2D eigenvalue weighted by Gasteiger charge is -2.07. The van der Waals surface area contributed by atoms with Crippen LogP contribution in [0.25, 0.3) is 0 Å². The highest BCUT2D eigenvalue weighted by Gasteiger charge is 2.29. The van der Waals surface area contributed by atoms with Gasteiger partial charge in [-0.1, -0.05) is 0 Å². The molecule has 0 atom stereocenters. The minimum Gasteiger partial charge on any atom is -0.462 e. The number of fused-ring (bicyclic) bond motifs is 1. The monoisotopic (exact) mass is 389 g/mol. The largest absolute Gasteiger partial charge is 0.462 e. The molecule has 0 aromatic carbocycles. The van der Waals surface area contributed by atoms with Crippen LogP contribution in [0.4, 0.5) is 5.00 Å². The first-order valence-corrected chi connectivity index (χ1v) is 9.33. The second-order valence-corrected chi connectivity index (χ2v) is 6.99. The van der Waals surface area contributed by atoms with Crippen LogP contribution >= 0.6 is 11.3 Å². The zero-order valence-corrected chi connectivity index (χ0v) is 15.8. The van der Waals surface area contributed by atoms with E-state index >= 15 is 0 Å². The standard InChI is InChI=1S/C18H19N3O5S/c1-3-25-18(24)14-12-5-4-6-13(12)27-17(14)20-15(22)16(23)21-19-9-11-8-7-10(2)26-11/h7-9H,3-6H2,1-2H3,(H,20,22)(H,21,23)/b19-9+. The molecule has 0 spiro atoms. The number of hydrogen-bond donors (Lipinski definition) is 2. The maximum Gasteiger partial charge on any atom is 0.341 e. The third kappa shape index (κ3) is 4.25. The number of hydrogen-bond acceptors (Lipinski definition) is 7. The van der Waals surface area contributed by atoms with Gasteiger partial charge in [0.25, 0.3) is 0 Å². The Bertz CT molecular complexity index is 912. The summed E-state index contributed by atoms with van der Waals surface area (Å²) in [7, 11) is 0. The Morgan fingerprint density at radius 1 is 1.30 bits per heavy atom. The highest BCUT2D eigenvalue weighted by molar-refractivity contribution is 7.17. The topological polar surface area (TPSA) is 110 Å². The number of carbonyl (C=O) groups excluding carboxylic acids is 3. The van der Waals surface area contributed by atoms with Crippen LogP contribution in [0.3, 0.4) is 0 Å². The molecule has 9 heteroatoms. The number of aryl methyl sites for hydroxylation is 2. The van der Waals surface area contributed by atoms with E-state index in [4.69, 9.17) is 9.15 Å². The van der Waals surface area contributed by atoms with Crippen molar-refractivity contribution in [2.45, 2.75) is 33.1 Å². The van der Waals surface area contributed by atoms with E-state index in [1.165, 1.54) is 17.6 Å². The minimum atomic E-state index is -0.946. The lowest BCUT2D eigenvalue weighted by Crippen LogP contribution is -2.32. The first kappa shape index (κ1) is 18.8. The molecule has 1 aliphatic rings. The third-order valence-electron chi connectivity index (χ3n) is 3.95. The van der Waals surface area contributed by atoms with E-state index in [0.29, 0.717) is 22.1 Å². The van der Waals surface area contributed by atoms with Crippen LogP contribution in [0.1, 0.15) is 45.7 Å². The normalized spacial score (nSPS) is 12.8. The van der Waals surface area contributed by atoms with Crippen LogP contribution in [0.5, 0.6) is 0 Å². The van der Waals surface area contributed by atoms with Gasteiger partial charge < -0.3 is 14.5 Å². The minimum absolute atomic E-state index is 0.234. The number of anilines is 1. The number of furan rings is 1. The molecular formula is C18H19N3O5S. The lowest BCUT2D eigenvalue weighted by atomic mass is 10.1. The van der Waals surface area contributed by atoms with Crippen LogP contribution in [0.2, 0.25) is 0 Å². The Hall–Kier alpha value is -2.94. The highest BCUT2D eigenvalue weighted by Crippen LogP contribution is 2.39. The van der Waals surface area contributed by atoms with Crippen molar-refractivity contribution in [2.24, 2.45) is 5.10 Å². The molecule has 2 N–H and O–H groups in total. The number of carbonyl (C=O) groups is 3. The molecule has 8 nitrogen and oxygen atoms in total. The van der Waals surface area contributed by atoms with Gasteiger partial charge in [0, 0.05) is 4.88 Å². The van der Waals surface area contributed by atoms with Crippen molar-refractivity contribution in [1.29, 1.82) is 0 Å². The summed E-state index contributed by atoms with van der Waals surface area (Å²) in [6, 6.07) is 3.44. The van der Waals surface area contributed by atoms with Gasteiger partial charge in [-0.15, -0.1) is 11.3 Å². The molecule has 1 aliphatic carbocycles. The van der Waals surface area contributed by atoms with Gasteiger partial charge in [0.1, 0.15) is 16.5 Å². The number of thiophene rings is 1. The molecule has 27 heavy (non-hydrogen) atoms. The summed E-state index contributed by atoms with van der Waals surface area (Å²) < 4.78 is 10.4.